The second-order valence-corrected chi connectivity index (χ2v) is 2.92. The van der Waals surface area contributed by atoms with Crippen molar-refractivity contribution in [3.8, 4) is 6.07 Å². The van der Waals surface area contributed by atoms with E-state index in [9.17, 15) is 4.79 Å². The van der Waals surface area contributed by atoms with E-state index in [2.05, 4.69) is 16.6 Å². The minimum Gasteiger partial charge on any atom is -0.350 e. The Hall–Kier alpha value is -2.35. The van der Waals surface area contributed by atoms with Crippen LogP contribution < -0.4 is 11.2 Å². The van der Waals surface area contributed by atoms with Gasteiger partial charge in [0.25, 0.3) is 0 Å². The number of nitriles is 1. The van der Waals surface area contributed by atoms with Crippen molar-refractivity contribution in [2.75, 3.05) is 0 Å². The molecule has 0 aliphatic carbocycles. The molecule has 0 aliphatic heterocycles. The Morgan fingerprint density at radius 3 is 2.93 bits per heavy atom. The zero-order valence-corrected chi connectivity index (χ0v) is 8.19. The number of aryl methyl sites for hydroxylation is 1. The van der Waals surface area contributed by atoms with Crippen LogP contribution in [0.1, 0.15) is 16.7 Å². The molecule has 0 heterocycles. The van der Waals surface area contributed by atoms with Crippen molar-refractivity contribution in [3.05, 3.63) is 34.9 Å². The third kappa shape index (κ3) is 3.12. The van der Waals surface area contributed by atoms with Crippen molar-refractivity contribution in [2.24, 2.45) is 10.8 Å². The summed E-state index contributed by atoms with van der Waals surface area (Å²) in [6.07, 6.45) is 1.46. The van der Waals surface area contributed by atoms with Crippen LogP contribution in [0.5, 0.6) is 0 Å². The summed E-state index contributed by atoms with van der Waals surface area (Å²) in [5.41, 5.74) is 9.18. The van der Waals surface area contributed by atoms with Gasteiger partial charge in [0.1, 0.15) is 0 Å². The number of carbonyl (C=O) groups excluding carboxylic acids is 1. The van der Waals surface area contributed by atoms with Crippen LogP contribution in [-0.4, -0.2) is 12.2 Å². The maximum Gasteiger partial charge on any atom is 0.332 e. The molecule has 1 aromatic rings. The molecule has 0 aliphatic rings. The molecule has 1 rings (SSSR count). The van der Waals surface area contributed by atoms with Gasteiger partial charge < -0.3 is 5.73 Å². The van der Waals surface area contributed by atoms with Crippen LogP contribution in [0.3, 0.4) is 0 Å². The zero-order chi connectivity index (χ0) is 11.3. The quantitative estimate of drug-likeness (QED) is 0.550. The molecule has 76 valence electrons. The highest BCUT2D eigenvalue weighted by atomic mass is 16.2. The van der Waals surface area contributed by atoms with Gasteiger partial charge >= 0.3 is 6.03 Å². The Bertz CT molecular complexity index is 445. The van der Waals surface area contributed by atoms with Crippen LogP contribution in [-0.2, 0) is 0 Å². The number of nitrogens with two attached hydrogens (primary N) is 1. The molecular formula is C10H10N4O. The first-order chi connectivity index (χ1) is 7.13. The highest BCUT2D eigenvalue weighted by Crippen LogP contribution is 2.08. The summed E-state index contributed by atoms with van der Waals surface area (Å²) in [5, 5.41) is 12.3. The van der Waals surface area contributed by atoms with E-state index in [1.165, 1.54) is 6.21 Å². The standard InChI is InChI=1S/C10H10N4O/c1-7-4-8(2-3-9(7)5-11)6-13-14-10(12)15/h2-4,6H,1H3,(H3,12,14,15). The summed E-state index contributed by atoms with van der Waals surface area (Å²) in [4.78, 5) is 10.3. The van der Waals surface area contributed by atoms with E-state index in [0.29, 0.717) is 5.56 Å². The average molecular weight is 202 g/mol. The fourth-order valence-corrected chi connectivity index (χ4v) is 1.06. The van der Waals surface area contributed by atoms with Crippen molar-refractivity contribution in [1.82, 2.24) is 5.43 Å². The van der Waals surface area contributed by atoms with Gasteiger partial charge in [-0.05, 0) is 30.2 Å². The summed E-state index contributed by atoms with van der Waals surface area (Å²) >= 11 is 0. The van der Waals surface area contributed by atoms with Gasteiger partial charge in [0, 0.05) is 0 Å². The number of nitrogens with zero attached hydrogens (tertiary/aromatic N) is 2. The molecule has 5 nitrogen and oxygen atoms in total. The van der Waals surface area contributed by atoms with E-state index in [1.807, 2.05) is 6.92 Å². The van der Waals surface area contributed by atoms with Gasteiger partial charge in [-0.2, -0.15) is 10.4 Å². The molecule has 5 heteroatoms. The highest BCUT2D eigenvalue weighted by Gasteiger charge is 1.96. The predicted octanol–water partition coefficient (Wildman–Crippen LogP) is 0.869. The molecule has 0 spiro atoms. The third-order valence-electron chi connectivity index (χ3n) is 1.76. The molecule has 0 saturated carbocycles. The smallest absolute Gasteiger partial charge is 0.332 e. The Morgan fingerprint density at radius 1 is 1.67 bits per heavy atom. The highest BCUT2D eigenvalue weighted by molar-refractivity contribution is 5.82. The van der Waals surface area contributed by atoms with Crippen LogP contribution in [0.4, 0.5) is 4.79 Å². The number of benzene rings is 1. The fraction of sp³-hybridized carbons (Fsp3) is 0.100. The Morgan fingerprint density at radius 2 is 2.40 bits per heavy atom. The van der Waals surface area contributed by atoms with Crippen molar-refractivity contribution < 1.29 is 4.79 Å². The van der Waals surface area contributed by atoms with E-state index >= 15 is 0 Å². The molecule has 0 atom stereocenters. The Labute approximate surface area is 87.2 Å². The van der Waals surface area contributed by atoms with Gasteiger partial charge in [0.2, 0.25) is 0 Å². The Balaban J connectivity index is 2.81. The summed E-state index contributed by atoms with van der Waals surface area (Å²) in [7, 11) is 0. The average Bonchev–Trinajstić information content (AvgIpc) is 2.17. The van der Waals surface area contributed by atoms with E-state index in [1.54, 1.807) is 18.2 Å². The zero-order valence-electron chi connectivity index (χ0n) is 8.19. The normalized spacial score (nSPS) is 9.87. The number of urea groups is 1. The molecule has 15 heavy (non-hydrogen) atoms. The lowest BCUT2D eigenvalue weighted by Crippen LogP contribution is -2.24. The van der Waals surface area contributed by atoms with Gasteiger partial charge in [0.15, 0.2) is 0 Å². The second-order valence-electron chi connectivity index (χ2n) is 2.92. The molecular weight excluding hydrogens is 192 g/mol. The number of nitrogens with one attached hydrogen (secondary N) is 1. The monoisotopic (exact) mass is 202 g/mol. The SMILES string of the molecule is Cc1cc(C=NNC(N)=O)ccc1C#N. The number of hydrogen-bond acceptors (Lipinski definition) is 3. The first-order valence-corrected chi connectivity index (χ1v) is 4.22. The van der Waals surface area contributed by atoms with Crippen molar-refractivity contribution in [2.45, 2.75) is 6.92 Å². The predicted molar refractivity (Wildman–Crippen MR) is 56.2 cm³/mol. The van der Waals surface area contributed by atoms with Crippen LogP contribution in [0, 0.1) is 18.3 Å². The van der Waals surface area contributed by atoms with Crippen LogP contribution in [0.2, 0.25) is 0 Å². The Kier molecular flexibility index (Phi) is 3.41. The topological polar surface area (TPSA) is 91.3 Å². The number of rotatable bonds is 2. The minimum absolute atomic E-state index is 0.620. The summed E-state index contributed by atoms with van der Waals surface area (Å²) < 4.78 is 0. The van der Waals surface area contributed by atoms with Crippen molar-refractivity contribution in [1.29, 1.82) is 5.26 Å². The molecule has 0 unspecified atom stereocenters. The van der Waals surface area contributed by atoms with E-state index in [4.69, 9.17) is 11.0 Å². The number of hydrogen-bond donors (Lipinski definition) is 2. The van der Waals surface area contributed by atoms with Gasteiger partial charge in [-0.3, -0.25) is 0 Å². The van der Waals surface area contributed by atoms with Gasteiger partial charge in [-0.25, -0.2) is 10.2 Å². The summed E-state index contributed by atoms with van der Waals surface area (Å²) in [6.45, 7) is 1.83. The van der Waals surface area contributed by atoms with Crippen LogP contribution in [0.25, 0.3) is 0 Å². The van der Waals surface area contributed by atoms with Crippen molar-refractivity contribution >= 4 is 12.2 Å². The molecule has 0 aromatic heterocycles. The van der Waals surface area contributed by atoms with Gasteiger partial charge in [-0.15, -0.1) is 0 Å². The summed E-state index contributed by atoms with van der Waals surface area (Å²) in [5.74, 6) is 0. The van der Waals surface area contributed by atoms with Crippen LogP contribution >= 0.6 is 0 Å². The number of amides is 2. The van der Waals surface area contributed by atoms with Crippen LogP contribution in [0.15, 0.2) is 23.3 Å². The molecule has 3 N–H and O–H groups in total. The first-order valence-electron chi connectivity index (χ1n) is 4.22. The molecule has 0 fully saturated rings. The lowest BCUT2D eigenvalue weighted by molar-refractivity contribution is 0.249. The fourth-order valence-electron chi connectivity index (χ4n) is 1.06. The second kappa shape index (κ2) is 4.77. The molecule has 2 amide bonds. The van der Waals surface area contributed by atoms with E-state index in [-0.39, 0.29) is 0 Å². The van der Waals surface area contributed by atoms with Crippen molar-refractivity contribution in [3.63, 3.8) is 0 Å². The lowest BCUT2D eigenvalue weighted by Gasteiger charge is -1.98. The lowest BCUT2D eigenvalue weighted by atomic mass is 10.1. The molecule has 0 bridgehead atoms. The maximum atomic E-state index is 10.3. The third-order valence-corrected chi connectivity index (χ3v) is 1.76. The number of primary amides is 1. The van der Waals surface area contributed by atoms with E-state index in [0.717, 1.165) is 11.1 Å². The molecule has 0 saturated heterocycles. The molecule has 1 aromatic carbocycles. The maximum absolute atomic E-state index is 10.3. The minimum atomic E-state index is -0.711. The summed E-state index contributed by atoms with van der Waals surface area (Å²) in [6, 6.07) is 6.58. The number of carbonyl (C=O) groups is 1. The first kappa shape index (κ1) is 10.7. The largest absolute Gasteiger partial charge is 0.350 e. The van der Waals surface area contributed by atoms with Gasteiger partial charge in [-0.1, -0.05) is 6.07 Å². The van der Waals surface area contributed by atoms with E-state index < -0.39 is 6.03 Å². The van der Waals surface area contributed by atoms with Gasteiger partial charge in [0.05, 0.1) is 17.8 Å². The number of hydrazone groups is 1. The molecule has 0 radical (unpaired) electrons.